The lowest BCUT2D eigenvalue weighted by Crippen LogP contribution is -2.43. The van der Waals surface area contributed by atoms with Crippen LogP contribution in [0, 0.1) is 11.6 Å². The van der Waals surface area contributed by atoms with E-state index in [1.165, 1.54) is 6.07 Å². The third-order valence-corrected chi connectivity index (χ3v) is 4.05. The molecule has 0 aliphatic rings. The number of carboxylic acids is 1. The van der Waals surface area contributed by atoms with E-state index < -0.39 is 29.6 Å². The summed E-state index contributed by atoms with van der Waals surface area (Å²) in [4.78, 5) is 28.0. The number of benzene rings is 2. The van der Waals surface area contributed by atoms with Crippen molar-refractivity contribution in [2.75, 3.05) is 0 Å². The quantitative estimate of drug-likeness (QED) is 0.699. The van der Waals surface area contributed by atoms with E-state index >= 15 is 0 Å². The van der Waals surface area contributed by atoms with Gasteiger partial charge in [0.15, 0.2) is 11.6 Å². The second kappa shape index (κ2) is 7.90. The van der Waals surface area contributed by atoms with Crippen molar-refractivity contribution < 1.29 is 23.5 Å². The van der Waals surface area contributed by atoms with Crippen LogP contribution in [0.2, 0.25) is 0 Å². The van der Waals surface area contributed by atoms with E-state index in [2.05, 4.69) is 10.3 Å². The molecule has 3 aromatic rings. The number of carboxylic acid groups (broad SMARTS) is 1. The average Bonchev–Trinajstić information content (AvgIpc) is 2.64. The molecule has 1 aromatic heterocycles. The number of pyridine rings is 1. The molecule has 0 aliphatic carbocycles. The van der Waals surface area contributed by atoms with Crippen molar-refractivity contribution in [3.63, 3.8) is 0 Å². The molecular weight excluding hydrogens is 354 g/mol. The van der Waals surface area contributed by atoms with Crippen LogP contribution in [-0.2, 0) is 22.4 Å². The number of amides is 1. The van der Waals surface area contributed by atoms with Crippen LogP contribution < -0.4 is 5.32 Å². The predicted octanol–water partition coefficient (Wildman–Crippen LogP) is 2.87. The van der Waals surface area contributed by atoms with Gasteiger partial charge in [-0.2, -0.15) is 0 Å². The molecule has 0 spiro atoms. The summed E-state index contributed by atoms with van der Waals surface area (Å²) >= 11 is 0. The smallest absolute Gasteiger partial charge is 0.326 e. The Morgan fingerprint density at radius 3 is 2.56 bits per heavy atom. The van der Waals surface area contributed by atoms with E-state index in [9.17, 15) is 23.5 Å². The lowest BCUT2D eigenvalue weighted by molar-refractivity contribution is -0.141. The van der Waals surface area contributed by atoms with Gasteiger partial charge in [-0.25, -0.2) is 13.6 Å². The zero-order chi connectivity index (χ0) is 19.4. The van der Waals surface area contributed by atoms with E-state index in [-0.39, 0.29) is 18.4 Å². The number of aromatic nitrogens is 1. The topological polar surface area (TPSA) is 79.3 Å². The van der Waals surface area contributed by atoms with Crippen molar-refractivity contribution in [2.45, 2.75) is 18.9 Å². The molecule has 2 aromatic carbocycles. The van der Waals surface area contributed by atoms with E-state index in [1.807, 2.05) is 30.3 Å². The zero-order valence-electron chi connectivity index (χ0n) is 14.2. The van der Waals surface area contributed by atoms with Crippen molar-refractivity contribution in [3.05, 3.63) is 77.5 Å². The highest BCUT2D eigenvalue weighted by Crippen LogP contribution is 2.13. The second-order valence-electron chi connectivity index (χ2n) is 6.08. The Morgan fingerprint density at radius 1 is 1.04 bits per heavy atom. The van der Waals surface area contributed by atoms with Crippen LogP contribution in [0.15, 0.2) is 54.6 Å². The Hall–Kier alpha value is -3.35. The fourth-order valence-electron chi connectivity index (χ4n) is 2.71. The molecule has 27 heavy (non-hydrogen) atoms. The molecule has 2 N–H and O–H groups in total. The summed E-state index contributed by atoms with van der Waals surface area (Å²) in [5.41, 5.74) is 1.50. The van der Waals surface area contributed by atoms with Gasteiger partial charge in [0.2, 0.25) is 5.91 Å². The van der Waals surface area contributed by atoms with E-state index in [0.717, 1.165) is 23.0 Å². The minimum absolute atomic E-state index is 0.00366. The summed E-state index contributed by atoms with van der Waals surface area (Å²) < 4.78 is 26.2. The van der Waals surface area contributed by atoms with Crippen molar-refractivity contribution in [2.24, 2.45) is 0 Å². The molecule has 7 heteroatoms. The van der Waals surface area contributed by atoms with Crippen molar-refractivity contribution >= 4 is 22.8 Å². The summed E-state index contributed by atoms with van der Waals surface area (Å²) in [7, 11) is 0. The molecule has 0 saturated carbocycles. The van der Waals surface area contributed by atoms with Crippen LogP contribution in [0.1, 0.15) is 11.3 Å². The number of hydrogen-bond donors (Lipinski definition) is 2. The van der Waals surface area contributed by atoms with Crippen molar-refractivity contribution in [3.8, 4) is 0 Å². The van der Waals surface area contributed by atoms with Crippen LogP contribution >= 0.6 is 0 Å². The minimum Gasteiger partial charge on any atom is -0.480 e. The molecular formula is C20H16F2N2O3. The summed E-state index contributed by atoms with van der Waals surface area (Å²) in [6.07, 6.45) is -0.254. The third-order valence-electron chi connectivity index (χ3n) is 4.05. The van der Waals surface area contributed by atoms with Gasteiger partial charge >= 0.3 is 5.97 Å². The molecule has 1 atom stereocenters. The monoisotopic (exact) mass is 370 g/mol. The van der Waals surface area contributed by atoms with Gasteiger partial charge in [-0.3, -0.25) is 9.78 Å². The number of rotatable bonds is 6. The number of halogens is 2. The van der Waals surface area contributed by atoms with Crippen LogP contribution in [0.4, 0.5) is 8.78 Å². The number of nitrogens with zero attached hydrogens (tertiary/aromatic N) is 1. The molecule has 5 nitrogen and oxygen atoms in total. The number of aliphatic carboxylic acids is 1. The lowest BCUT2D eigenvalue weighted by atomic mass is 10.1. The SMILES string of the molecule is O=C(Cc1ccc(F)c(F)c1)N[C@H](Cc1ccc2ccccc2n1)C(=O)O. The summed E-state index contributed by atoms with van der Waals surface area (Å²) in [6.45, 7) is 0. The molecule has 0 saturated heterocycles. The maximum Gasteiger partial charge on any atom is 0.326 e. The molecule has 0 fully saturated rings. The van der Waals surface area contributed by atoms with Crippen LogP contribution in [0.5, 0.6) is 0 Å². The maximum absolute atomic E-state index is 13.2. The van der Waals surface area contributed by atoms with Gasteiger partial charge < -0.3 is 10.4 Å². The second-order valence-corrected chi connectivity index (χ2v) is 6.08. The number of para-hydroxylation sites is 1. The number of hydrogen-bond acceptors (Lipinski definition) is 3. The van der Waals surface area contributed by atoms with Gasteiger partial charge in [-0.05, 0) is 29.8 Å². The summed E-state index contributed by atoms with van der Waals surface area (Å²) in [6, 6.07) is 12.9. The van der Waals surface area contributed by atoms with Crippen molar-refractivity contribution in [1.29, 1.82) is 0 Å². The highest BCUT2D eigenvalue weighted by atomic mass is 19.2. The van der Waals surface area contributed by atoms with Gasteiger partial charge in [0.25, 0.3) is 0 Å². The highest BCUT2D eigenvalue weighted by molar-refractivity contribution is 5.85. The molecule has 0 unspecified atom stereocenters. The Kier molecular flexibility index (Phi) is 5.40. The third kappa shape index (κ3) is 4.63. The zero-order valence-corrected chi connectivity index (χ0v) is 14.2. The first-order valence-electron chi connectivity index (χ1n) is 8.23. The van der Waals surface area contributed by atoms with E-state index in [0.29, 0.717) is 5.69 Å². The molecule has 0 radical (unpaired) electrons. The van der Waals surface area contributed by atoms with Gasteiger partial charge in [0.05, 0.1) is 11.9 Å². The Bertz CT molecular complexity index is 1010. The predicted molar refractivity (Wildman–Crippen MR) is 95.1 cm³/mol. The number of nitrogens with one attached hydrogen (secondary N) is 1. The first kappa shape index (κ1) is 18.4. The Morgan fingerprint density at radius 2 is 1.81 bits per heavy atom. The highest BCUT2D eigenvalue weighted by Gasteiger charge is 2.21. The van der Waals surface area contributed by atoms with Gasteiger partial charge in [0.1, 0.15) is 6.04 Å². The average molecular weight is 370 g/mol. The van der Waals surface area contributed by atoms with Gasteiger partial charge in [-0.15, -0.1) is 0 Å². The van der Waals surface area contributed by atoms with Gasteiger partial charge in [0, 0.05) is 17.5 Å². The first-order valence-corrected chi connectivity index (χ1v) is 8.23. The van der Waals surface area contributed by atoms with E-state index in [4.69, 9.17) is 0 Å². The lowest BCUT2D eigenvalue weighted by Gasteiger charge is -2.14. The number of carbonyl (C=O) groups is 2. The van der Waals surface area contributed by atoms with Crippen LogP contribution in [-0.4, -0.2) is 28.0 Å². The first-order chi connectivity index (χ1) is 12.9. The normalized spacial score (nSPS) is 11.9. The van der Waals surface area contributed by atoms with Crippen molar-refractivity contribution in [1.82, 2.24) is 10.3 Å². The number of carbonyl (C=O) groups excluding carboxylic acids is 1. The van der Waals surface area contributed by atoms with Crippen LogP contribution in [0.3, 0.4) is 0 Å². The Balaban J connectivity index is 1.69. The van der Waals surface area contributed by atoms with Gasteiger partial charge in [-0.1, -0.05) is 30.3 Å². The fourth-order valence-corrected chi connectivity index (χ4v) is 2.71. The molecule has 0 bridgehead atoms. The Labute approximate surface area is 153 Å². The molecule has 1 heterocycles. The minimum atomic E-state index is -1.21. The van der Waals surface area contributed by atoms with E-state index in [1.54, 1.807) is 6.07 Å². The van der Waals surface area contributed by atoms with Crippen LogP contribution in [0.25, 0.3) is 10.9 Å². The molecule has 138 valence electrons. The fraction of sp³-hybridized carbons (Fsp3) is 0.150. The summed E-state index contributed by atoms with van der Waals surface area (Å²) in [5.74, 6) is -3.88. The maximum atomic E-state index is 13.2. The number of fused-ring (bicyclic) bond motifs is 1. The summed E-state index contributed by atoms with van der Waals surface area (Å²) in [5, 5.41) is 12.7. The molecule has 0 aliphatic heterocycles. The molecule has 1 amide bonds. The standard InChI is InChI=1S/C20H16F2N2O3/c21-15-8-5-12(9-16(15)22)10-19(25)24-18(20(26)27)11-14-7-6-13-3-1-2-4-17(13)23-14/h1-9,18H,10-11H2,(H,24,25)(H,26,27)/t18-/m1/s1. The largest absolute Gasteiger partial charge is 0.480 e. The molecule has 3 rings (SSSR count).